The summed E-state index contributed by atoms with van der Waals surface area (Å²) in [5.74, 6) is 0. The Bertz CT molecular complexity index is 333. The Morgan fingerprint density at radius 1 is 1.14 bits per heavy atom. The lowest BCUT2D eigenvalue weighted by Gasteiger charge is -2.11. The fourth-order valence-corrected chi connectivity index (χ4v) is 2.21. The molecule has 0 aliphatic heterocycles. The Kier molecular flexibility index (Phi) is 3.51. The molecule has 1 aromatic carbocycles. The molecule has 0 heterocycles. The number of allylic oxidation sites excluding steroid dienone is 2. The van der Waals surface area contributed by atoms with Crippen molar-refractivity contribution in [1.82, 2.24) is 0 Å². The Hall–Kier alpha value is -1.04. The normalized spacial score (nSPS) is 11.9. The minimum Gasteiger partial charge on any atom is -0.0813 e. The van der Waals surface area contributed by atoms with Gasteiger partial charge in [-0.05, 0) is 56.4 Å². The lowest BCUT2D eigenvalue weighted by molar-refractivity contribution is 1.21. The van der Waals surface area contributed by atoms with Gasteiger partial charge in [0.2, 0.25) is 0 Å². The number of hydrogen-bond donors (Lipinski definition) is 0. The lowest BCUT2D eigenvalue weighted by atomic mass is 9.94. The molecule has 0 unspecified atom stereocenters. The highest BCUT2D eigenvalue weighted by molar-refractivity contribution is 5.69. The summed E-state index contributed by atoms with van der Waals surface area (Å²) in [7, 11) is 0. The van der Waals surface area contributed by atoms with Crippen molar-refractivity contribution in [1.29, 1.82) is 0 Å². The van der Waals surface area contributed by atoms with Gasteiger partial charge in [0.1, 0.15) is 0 Å². The number of benzene rings is 1. The summed E-state index contributed by atoms with van der Waals surface area (Å²) in [4.78, 5) is 0. The predicted molar refractivity (Wildman–Crippen MR) is 64.6 cm³/mol. The Morgan fingerprint density at radius 3 is 2.07 bits per heavy atom. The average Bonchev–Trinajstić information content (AvgIpc) is 2.01. The van der Waals surface area contributed by atoms with Crippen LogP contribution in [0.3, 0.4) is 0 Å². The number of rotatable bonds is 2. The molecule has 1 aromatic rings. The van der Waals surface area contributed by atoms with Crippen LogP contribution in [0.5, 0.6) is 0 Å². The van der Waals surface area contributed by atoms with E-state index in [2.05, 4.69) is 52.8 Å². The van der Waals surface area contributed by atoms with E-state index < -0.39 is 0 Å². The van der Waals surface area contributed by atoms with Crippen LogP contribution in [0.1, 0.15) is 42.5 Å². The molecule has 0 saturated heterocycles. The average molecular weight is 188 g/mol. The van der Waals surface area contributed by atoms with E-state index >= 15 is 0 Å². The largest absolute Gasteiger partial charge is 0.0813 e. The quantitative estimate of drug-likeness (QED) is 0.644. The summed E-state index contributed by atoms with van der Waals surface area (Å²) in [6, 6.07) is 4.52. The van der Waals surface area contributed by atoms with Gasteiger partial charge in [-0.15, -0.1) is 0 Å². The van der Waals surface area contributed by atoms with E-state index in [1.165, 1.54) is 27.8 Å². The minimum absolute atomic E-state index is 1.11. The molecule has 0 aromatic heterocycles. The van der Waals surface area contributed by atoms with Crippen LogP contribution in [0.25, 0.3) is 5.57 Å². The lowest BCUT2D eigenvalue weighted by Crippen LogP contribution is -1.92. The van der Waals surface area contributed by atoms with Crippen LogP contribution in [0.2, 0.25) is 0 Å². The molecule has 1 rings (SSSR count). The van der Waals surface area contributed by atoms with Gasteiger partial charge < -0.3 is 0 Å². The van der Waals surface area contributed by atoms with Crippen molar-refractivity contribution >= 4 is 5.57 Å². The molecule has 0 atom stereocenters. The first-order valence-corrected chi connectivity index (χ1v) is 5.31. The monoisotopic (exact) mass is 188 g/mol. The Labute approximate surface area is 87.7 Å². The van der Waals surface area contributed by atoms with Gasteiger partial charge in [-0.25, -0.2) is 0 Å². The molecule has 14 heavy (non-hydrogen) atoms. The second-order valence-corrected chi connectivity index (χ2v) is 4.07. The molecule has 0 heteroatoms. The smallest absolute Gasteiger partial charge is 0.0172 e. The molecule has 0 aliphatic rings. The molecular formula is C14H20. The maximum Gasteiger partial charge on any atom is -0.0172 e. The first-order valence-electron chi connectivity index (χ1n) is 5.31. The van der Waals surface area contributed by atoms with Crippen molar-refractivity contribution in [2.24, 2.45) is 0 Å². The zero-order valence-electron chi connectivity index (χ0n) is 9.94. The highest BCUT2D eigenvalue weighted by atomic mass is 14.1. The number of hydrogen-bond acceptors (Lipinski definition) is 0. The van der Waals surface area contributed by atoms with Crippen LogP contribution in [-0.4, -0.2) is 0 Å². The summed E-state index contributed by atoms with van der Waals surface area (Å²) < 4.78 is 0. The van der Waals surface area contributed by atoms with Crippen molar-refractivity contribution in [3.05, 3.63) is 40.5 Å². The minimum atomic E-state index is 1.11. The molecule has 0 saturated carbocycles. The van der Waals surface area contributed by atoms with Crippen molar-refractivity contribution in [3.8, 4) is 0 Å². The molecular weight excluding hydrogens is 168 g/mol. The van der Waals surface area contributed by atoms with E-state index in [1.807, 2.05) is 0 Å². The van der Waals surface area contributed by atoms with Crippen molar-refractivity contribution in [2.75, 3.05) is 0 Å². The van der Waals surface area contributed by atoms with Crippen LogP contribution < -0.4 is 0 Å². The summed E-state index contributed by atoms with van der Waals surface area (Å²) in [5.41, 5.74) is 6.97. The van der Waals surface area contributed by atoms with Crippen molar-refractivity contribution < 1.29 is 0 Å². The van der Waals surface area contributed by atoms with Gasteiger partial charge in [0.05, 0.1) is 0 Å². The standard InChI is InChI=1S/C14H20/c1-6-7-11(3)14-12(4)8-10(2)9-13(14)5/h7-9H,6H2,1-5H3/b11-7-. The molecule has 0 nitrogen and oxygen atoms in total. The molecule has 0 bridgehead atoms. The third-order valence-corrected chi connectivity index (χ3v) is 2.58. The topological polar surface area (TPSA) is 0 Å². The van der Waals surface area contributed by atoms with E-state index in [0.717, 1.165) is 6.42 Å². The molecule has 0 aliphatic carbocycles. The molecule has 0 spiro atoms. The van der Waals surface area contributed by atoms with E-state index in [-0.39, 0.29) is 0 Å². The van der Waals surface area contributed by atoms with Gasteiger partial charge >= 0.3 is 0 Å². The zero-order chi connectivity index (χ0) is 10.7. The fraction of sp³-hybridized carbons (Fsp3) is 0.429. The van der Waals surface area contributed by atoms with E-state index in [1.54, 1.807) is 0 Å². The molecule has 0 amide bonds. The molecule has 0 fully saturated rings. The fourth-order valence-electron chi connectivity index (χ4n) is 2.21. The zero-order valence-corrected chi connectivity index (χ0v) is 9.94. The van der Waals surface area contributed by atoms with Crippen LogP contribution >= 0.6 is 0 Å². The van der Waals surface area contributed by atoms with Gasteiger partial charge in [-0.2, -0.15) is 0 Å². The Morgan fingerprint density at radius 2 is 1.64 bits per heavy atom. The predicted octanol–water partition coefficient (Wildman–Crippen LogP) is 4.43. The summed E-state index contributed by atoms with van der Waals surface area (Å²) in [6.45, 7) is 10.9. The molecule has 0 N–H and O–H groups in total. The van der Waals surface area contributed by atoms with Gasteiger partial charge in [-0.1, -0.05) is 30.7 Å². The number of aryl methyl sites for hydroxylation is 3. The SMILES string of the molecule is CC/C=C(/C)c1c(C)cc(C)cc1C. The maximum absolute atomic E-state index is 2.30. The van der Waals surface area contributed by atoms with Gasteiger partial charge in [0, 0.05) is 0 Å². The summed E-state index contributed by atoms with van der Waals surface area (Å²) in [5, 5.41) is 0. The van der Waals surface area contributed by atoms with Gasteiger partial charge in [-0.3, -0.25) is 0 Å². The highest BCUT2D eigenvalue weighted by Gasteiger charge is 2.04. The van der Waals surface area contributed by atoms with E-state index in [9.17, 15) is 0 Å². The van der Waals surface area contributed by atoms with Crippen molar-refractivity contribution in [3.63, 3.8) is 0 Å². The van der Waals surface area contributed by atoms with Crippen LogP contribution in [-0.2, 0) is 0 Å². The first-order chi connectivity index (χ1) is 6.56. The maximum atomic E-state index is 2.30. The van der Waals surface area contributed by atoms with Gasteiger partial charge in [0.15, 0.2) is 0 Å². The molecule has 76 valence electrons. The summed E-state index contributed by atoms with van der Waals surface area (Å²) in [6.07, 6.45) is 3.41. The second kappa shape index (κ2) is 4.45. The Balaban J connectivity index is 3.27. The summed E-state index contributed by atoms with van der Waals surface area (Å²) >= 11 is 0. The third-order valence-electron chi connectivity index (χ3n) is 2.58. The van der Waals surface area contributed by atoms with Crippen LogP contribution in [0.4, 0.5) is 0 Å². The highest BCUT2D eigenvalue weighted by Crippen LogP contribution is 2.24. The van der Waals surface area contributed by atoms with E-state index in [4.69, 9.17) is 0 Å². The first kappa shape index (κ1) is 11.0. The third kappa shape index (κ3) is 2.25. The van der Waals surface area contributed by atoms with Crippen LogP contribution in [0, 0.1) is 20.8 Å². The van der Waals surface area contributed by atoms with Gasteiger partial charge in [0.25, 0.3) is 0 Å². The van der Waals surface area contributed by atoms with Crippen LogP contribution in [0.15, 0.2) is 18.2 Å². The second-order valence-electron chi connectivity index (χ2n) is 4.07. The molecule has 0 radical (unpaired) electrons. The van der Waals surface area contributed by atoms with Crippen molar-refractivity contribution in [2.45, 2.75) is 41.0 Å². The van der Waals surface area contributed by atoms with E-state index in [0.29, 0.717) is 0 Å².